The second kappa shape index (κ2) is 7.93. The van der Waals surface area contributed by atoms with E-state index in [0.717, 1.165) is 18.4 Å². The first kappa shape index (κ1) is 15.7. The molecule has 1 aromatic heterocycles. The Bertz CT molecular complexity index is 547. The third kappa shape index (κ3) is 4.97. The number of benzene rings is 1. The molecule has 0 saturated carbocycles. The van der Waals surface area contributed by atoms with Crippen LogP contribution in [0.25, 0.3) is 11.4 Å². The summed E-state index contributed by atoms with van der Waals surface area (Å²) in [6, 6.07) is 6.75. The van der Waals surface area contributed by atoms with Crippen LogP contribution in [0.2, 0.25) is 0 Å². The van der Waals surface area contributed by atoms with Crippen LogP contribution in [0, 0.1) is 0 Å². The summed E-state index contributed by atoms with van der Waals surface area (Å²) < 4.78 is 30.0. The fourth-order valence-electron chi connectivity index (χ4n) is 1.66. The molecular formula is C15H16F2N2OS. The van der Waals surface area contributed by atoms with E-state index in [0.29, 0.717) is 34.8 Å². The second-order valence-electron chi connectivity index (χ2n) is 4.35. The van der Waals surface area contributed by atoms with Crippen LogP contribution < -0.4 is 4.74 Å². The molecule has 1 heterocycles. The molecule has 1 aromatic carbocycles. The SMILES string of the molecule is CCCCOc1cnc(-c2ccc(SC(F)F)cc2)nc1. The van der Waals surface area contributed by atoms with Crippen molar-refractivity contribution in [2.45, 2.75) is 30.4 Å². The first-order valence-electron chi connectivity index (χ1n) is 6.69. The van der Waals surface area contributed by atoms with Gasteiger partial charge < -0.3 is 4.74 Å². The lowest BCUT2D eigenvalue weighted by molar-refractivity contribution is 0.252. The molecular weight excluding hydrogens is 294 g/mol. The lowest BCUT2D eigenvalue weighted by Gasteiger charge is -2.06. The minimum absolute atomic E-state index is 0.522. The highest BCUT2D eigenvalue weighted by molar-refractivity contribution is 7.99. The van der Waals surface area contributed by atoms with E-state index < -0.39 is 5.76 Å². The van der Waals surface area contributed by atoms with Gasteiger partial charge in [0.15, 0.2) is 11.6 Å². The van der Waals surface area contributed by atoms with E-state index in [4.69, 9.17) is 4.74 Å². The maximum absolute atomic E-state index is 12.2. The van der Waals surface area contributed by atoms with Crippen LogP contribution in [0.5, 0.6) is 5.75 Å². The maximum Gasteiger partial charge on any atom is 0.288 e. The van der Waals surface area contributed by atoms with Crippen LogP contribution in [0.4, 0.5) is 8.78 Å². The fourth-order valence-corrected chi connectivity index (χ4v) is 2.16. The zero-order chi connectivity index (χ0) is 15.1. The predicted octanol–water partition coefficient (Wildman–Crippen LogP) is 4.64. The van der Waals surface area contributed by atoms with Crippen molar-refractivity contribution in [3.63, 3.8) is 0 Å². The molecule has 0 spiro atoms. The highest BCUT2D eigenvalue weighted by Gasteiger charge is 2.06. The Kier molecular flexibility index (Phi) is 5.92. The molecule has 2 rings (SSSR count). The molecule has 0 saturated heterocycles. The molecule has 6 heteroatoms. The van der Waals surface area contributed by atoms with Gasteiger partial charge in [-0.1, -0.05) is 37.2 Å². The largest absolute Gasteiger partial charge is 0.490 e. The van der Waals surface area contributed by atoms with Crippen molar-refractivity contribution < 1.29 is 13.5 Å². The Morgan fingerprint density at radius 2 is 1.81 bits per heavy atom. The number of hydrogen-bond donors (Lipinski definition) is 0. The topological polar surface area (TPSA) is 35.0 Å². The number of thioether (sulfide) groups is 1. The van der Waals surface area contributed by atoms with Crippen LogP contribution in [0.15, 0.2) is 41.6 Å². The van der Waals surface area contributed by atoms with Crippen LogP contribution in [0.1, 0.15) is 19.8 Å². The monoisotopic (exact) mass is 310 g/mol. The van der Waals surface area contributed by atoms with Crippen molar-refractivity contribution in [2.24, 2.45) is 0 Å². The maximum atomic E-state index is 12.2. The van der Waals surface area contributed by atoms with Crippen molar-refractivity contribution in [1.29, 1.82) is 0 Å². The summed E-state index contributed by atoms with van der Waals surface area (Å²) in [6.45, 7) is 2.75. The lowest BCUT2D eigenvalue weighted by Crippen LogP contribution is -1.98. The highest BCUT2D eigenvalue weighted by atomic mass is 32.2. The fraction of sp³-hybridized carbons (Fsp3) is 0.333. The van der Waals surface area contributed by atoms with E-state index in [-0.39, 0.29) is 0 Å². The summed E-state index contributed by atoms with van der Waals surface area (Å²) in [7, 11) is 0. The molecule has 0 radical (unpaired) electrons. The molecule has 112 valence electrons. The second-order valence-corrected chi connectivity index (χ2v) is 5.41. The Labute approximate surface area is 126 Å². The zero-order valence-corrected chi connectivity index (χ0v) is 12.4. The molecule has 0 N–H and O–H groups in total. The summed E-state index contributed by atoms with van der Waals surface area (Å²) >= 11 is 0.522. The molecule has 0 aliphatic carbocycles. The smallest absolute Gasteiger partial charge is 0.288 e. The van der Waals surface area contributed by atoms with E-state index in [9.17, 15) is 8.78 Å². The number of nitrogens with zero attached hydrogens (tertiary/aromatic N) is 2. The summed E-state index contributed by atoms with van der Waals surface area (Å²) in [5.41, 5.74) is 0.786. The van der Waals surface area contributed by atoms with E-state index in [1.807, 2.05) is 0 Å². The molecule has 0 fully saturated rings. The Morgan fingerprint density at radius 3 is 2.38 bits per heavy atom. The zero-order valence-electron chi connectivity index (χ0n) is 11.6. The molecule has 3 nitrogen and oxygen atoms in total. The Hall–Kier alpha value is -1.69. The molecule has 0 amide bonds. The van der Waals surface area contributed by atoms with Gasteiger partial charge in [-0.25, -0.2) is 9.97 Å². The summed E-state index contributed by atoms with van der Waals surface area (Å²) in [4.78, 5) is 8.98. The van der Waals surface area contributed by atoms with Crippen molar-refractivity contribution in [3.8, 4) is 17.1 Å². The number of aromatic nitrogens is 2. The Morgan fingerprint density at radius 1 is 1.14 bits per heavy atom. The van der Waals surface area contributed by atoms with Gasteiger partial charge in [0.05, 0.1) is 19.0 Å². The van der Waals surface area contributed by atoms with Gasteiger partial charge in [0.1, 0.15) is 0 Å². The van der Waals surface area contributed by atoms with Crippen LogP contribution in [-0.2, 0) is 0 Å². The van der Waals surface area contributed by atoms with E-state index >= 15 is 0 Å². The number of halogens is 2. The van der Waals surface area contributed by atoms with Crippen LogP contribution in [-0.4, -0.2) is 22.3 Å². The number of unbranched alkanes of at least 4 members (excludes halogenated alkanes) is 1. The van der Waals surface area contributed by atoms with Gasteiger partial charge in [-0.3, -0.25) is 0 Å². The third-order valence-electron chi connectivity index (χ3n) is 2.73. The van der Waals surface area contributed by atoms with Gasteiger partial charge in [-0.15, -0.1) is 0 Å². The third-order valence-corrected chi connectivity index (χ3v) is 3.45. The summed E-state index contributed by atoms with van der Waals surface area (Å²) in [5, 5.41) is 0. The van der Waals surface area contributed by atoms with Gasteiger partial charge in [0.2, 0.25) is 0 Å². The van der Waals surface area contributed by atoms with Crippen molar-refractivity contribution in [1.82, 2.24) is 9.97 Å². The van der Waals surface area contributed by atoms with Gasteiger partial charge >= 0.3 is 0 Å². The molecule has 0 bridgehead atoms. The molecule has 21 heavy (non-hydrogen) atoms. The molecule has 0 aliphatic rings. The minimum atomic E-state index is -2.41. The van der Waals surface area contributed by atoms with Gasteiger partial charge in [0, 0.05) is 10.5 Å². The highest BCUT2D eigenvalue weighted by Crippen LogP contribution is 2.27. The van der Waals surface area contributed by atoms with Crippen molar-refractivity contribution >= 4 is 11.8 Å². The van der Waals surface area contributed by atoms with Crippen molar-refractivity contribution in [3.05, 3.63) is 36.7 Å². The summed E-state index contributed by atoms with van der Waals surface area (Å²) in [6.07, 6.45) is 5.31. The van der Waals surface area contributed by atoms with Gasteiger partial charge in [-0.2, -0.15) is 8.78 Å². The Balaban J connectivity index is 2.01. The first-order valence-corrected chi connectivity index (χ1v) is 7.57. The van der Waals surface area contributed by atoms with E-state index in [1.54, 1.807) is 36.7 Å². The quantitative estimate of drug-likeness (QED) is 0.551. The summed E-state index contributed by atoms with van der Waals surface area (Å²) in [5.74, 6) is -1.23. The number of ether oxygens (including phenoxy) is 1. The average Bonchev–Trinajstić information content (AvgIpc) is 2.49. The van der Waals surface area contributed by atoms with E-state index in [1.165, 1.54) is 0 Å². The average molecular weight is 310 g/mol. The van der Waals surface area contributed by atoms with E-state index in [2.05, 4.69) is 16.9 Å². The first-order chi connectivity index (χ1) is 10.2. The predicted molar refractivity (Wildman–Crippen MR) is 79.7 cm³/mol. The molecule has 0 atom stereocenters. The lowest BCUT2D eigenvalue weighted by atomic mass is 10.2. The number of hydrogen-bond acceptors (Lipinski definition) is 4. The van der Waals surface area contributed by atoms with Crippen molar-refractivity contribution in [2.75, 3.05) is 6.61 Å². The van der Waals surface area contributed by atoms with Crippen LogP contribution in [0.3, 0.4) is 0 Å². The molecule has 2 aromatic rings. The van der Waals surface area contributed by atoms with Crippen LogP contribution >= 0.6 is 11.8 Å². The number of rotatable bonds is 7. The normalized spacial score (nSPS) is 10.9. The van der Waals surface area contributed by atoms with Gasteiger partial charge in [0.25, 0.3) is 5.76 Å². The number of alkyl halides is 2. The van der Waals surface area contributed by atoms with Gasteiger partial charge in [-0.05, 0) is 18.6 Å². The standard InChI is InChI=1S/C15H16F2N2OS/c1-2-3-8-20-12-9-18-14(19-10-12)11-4-6-13(7-5-11)21-15(16)17/h4-7,9-10,15H,2-3,8H2,1H3. The molecule has 0 unspecified atom stereocenters. The minimum Gasteiger partial charge on any atom is -0.490 e. The molecule has 0 aliphatic heterocycles.